The Kier molecular flexibility index (Phi) is 3.87. The Morgan fingerprint density at radius 2 is 2.29 bits per heavy atom. The Labute approximate surface area is 124 Å². The molecule has 3 rings (SSSR count). The van der Waals surface area contributed by atoms with E-state index in [4.69, 9.17) is 4.74 Å². The van der Waals surface area contributed by atoms with E-state index in [0.29, 0.717) is 13.0 Å². The quantitative estimate of drug-likeness (QED) is 0.786. The summed E-state index contributed by atoms with van der Waals surface area (Å²) >= 11 is 0. The van der Waals surface area contributed by atoms with Crippen LogP contribution in [0.3, 0.4) is 0 Å². The van der Waals surface area contributed by atoms with Crippen molar-refractivity contribution in [2.75, 3.05) is 13.2 Å². The Bertz CT molecular complexity index is 534. The van der Waals surface area contributed by atoms with E-state index >= 15 is 0 Å². The van der Waals surface area contributed by atoms with Crippen molar-refractivity contribution in [3.63, 3.8) is 0 Å². The van der Waals surface area contributed by atoms with Gasteiger partial charge in [-0.05, 0) is 37.3 Å². The third kappa shape index (κ3) is 2.89. The van der Waals surface area contributed by atoms with Crippen molar-refractivity contribution < 1.29 is 14.6 Å². The monoisotopic (exact) mass is 290 g/mol. The number of aliphatic hydroxyl groups is 1. The number of aryl methyl sites for hydroxylation is 1. The molecule has 0 aromatic heterocycles. The van der Waals surface area contributed by atoms with Gasteiger partial charge < -0.3 is 20.5 Å². The molecule has 5 heteroatoms. The van der Waals surface area contributed by atoms with Gasteiger partial charge in [-0.2, -0.15) is 0 Å². The molecule has 0 radical (unpaired) electrons. The van der Waals surface area contributed by atoms with Crippen LogP contribution in [-0.4, -0.2) is 36.4 Å². The fraction of sp³-hybridized carbons (Fsp3) is 0.562. The molecule has 1 heterocycles. The van der Waals surface area contributed by atoms with Crippen LogP contribution in [0.25, 0.3) is 0 Å². The number of hydrogen-bond donors (Lipinski definition) is 3. The Morgan fingerprint density at radius 1 is 1.48 bits per heavy atom. The highest BCUT2D eigenvalue weighted by atomic mass is 16.5. The third-order valence-corrected chi connectivity index (χ3v) is 4.56. The molecule has 21 heavy (non-hydrogen) atoms. The summed E-state index contributed by atoms with van der Waals surface area (Å²) in [5.74, 6) is 0. The van der Waals surface area contributed by atoms with Crippen LogP contribution in [0.2, 0.25) is 0 Å². The average Bonchev–Trinajstić information content (AvgIpc) is 3.03. The zero-order valence-corrected chi connectivity index (χ0v) is 12.3. The van der Waals surface area contributed by atoms with Gasteiger partial charge in [0.25, 0.3) is 0 Å². The van der Waals surface area contributed by atoms with Crippen molar-refractivity contribution >= 4 is 6.03 Å². The van der Waals surface area contributed by atoms with Gasteiger partial charge in [-0.3, -0.25) is 0 Å². The first kappa shape index (κ1) is 14.4. The van der Waals surface area contributed by atoms with Crippen LogP contribution in [0, 0.1) is 0 Å². The molecular weight excluding hydrogens is 268 g/mol. The first-order valence-electron chi connectivity index (χ1n) is 7.55. The van der Waals surface area contributed by atoms with Crippen molar-refractivity contribution in [1.29, 1.82) is 0 Å². The molecule has 3 atom stereocenters. The number of fused-ring (bicyclic) bond motifs is 1. The second-order valence-electron chi connectivity index (χ2n) is 5.99. The summed E-state index contributed by atoms with van der Waals surface area (Å²) in [6, 6.07) is 7.68. The summed E-state index contributed by atoms with van der Waals surface area (Å²) in [5, 5.41) is 16.4. The lowest BCUT2D eigenvalue weighted by Gasteiger charge is -2.25. The van der Waals surface area contributed by atoms with Crippen molar-refractivity contribution in [3.05, 3.63) is 35.4 Å². The summed E-state index contributed by atoms with van der Waals surface area (Å²) in [7, 11) is 0. The van der Waals surface area contributed by atoms with Crippen LogP contribution in [0.15, 0.2) is 24.3 Å². The van der Waals surface area contributed by atoms with Crippen molar-refractivity contribution in [2.45, 2.75) is 43.9 Å². The number of urea groups is 1. The Balaban J connectivity index is 1.57. The minimum Gasteiger partial charge on any atom is -0.383 e. The fourth-order valence-corrected chi connectivity index (χ4v) is 3.22. The lowest BCUT2D eigenvalue weighted by molar-refractivity contribution is 0.0409. The molecule has 1 aliphatic heterocycles. The molecule has 3 unspecified atom stereocenters. The van der Waals surface area contributed by atoms with E-state index in [2.05, 4.69) is 10.6 Å². The van der Waals surface area contributed by atoms with Gasteiger partial charge in [0, 0.05) is 6.61 Å². The van der Waals surface area contributed by atoms with Gasteiger partial charge >= 0.3 is 6.03 Å². The van der Waals surface area contributed by atoms with Gasteiger partial charge in [0.1, 0.15) is 5.60 Å². The SMILES string of the molecule is CC1OCCC1NC(=O)NCC1(O)CCc2ccccc21. The van der Waals surface area contributed by atoms with E-state index in [0.717, 1.165) is 18.4 Å². The number of benzene rings is 1. The number of amides is 2. The van der Waals surface area contributed by atoms with Crippen LogP contribution < -0.4 is 10.6 Å². The molecule has 2 amide bonds. The third-order valence-electron chi connectivity index (χ3n) is 4.56. The highest BCUT2D eigenvalue weighted by molar-refractivity contribution is 5.74. The standard InChI is InChI=1S/C16H22N2O3/c1-11-14(7-9-21-11)18-15(19)17-10-16(20)8-6-12-4-2-3-5-13(12)16/h2-5,11,14,20H,6-10H2,1H3,(H2,17,18,19). The highest BCUT2D eigenvalue weighted by Crippen LogP contribution is 2.36. The molecule has 0 saturated carbocycles. The van der Waals surface area contributed by atoms with Gasteiger partial charge in [0.2, 0.25) is 0 Å². The second kappa shape index (κ2) is 5.66. The predicted octanol–water partition coefficient (Wildman–Crippen LogP) is 1.30. The minimum absolute atomic E-state index is 0.0473. The molecule has 1 aliphatic carbocycles. The number of hydrogen-bond acceptors (Lipinski definition) is 3. The maximum absolute atomic E-state index is 12.0. The molecule has 1 aromatic rings. The maximum Gasteiger partial charge on any atom is 0.315 e. The number of nitrogens with one attached hydrogen (secondary N) is 2. The summed E-state index contributed by atoms with van der Waals surface area (Å²) in [6.45, 7) is 2.87. The second-order valence-corrected chi connectivity index (χ2v) is 5.99. The van der Waals surface area contributed by atoms with Gasteiger partial charge in [-0.15, -0.1) is 0 Å². The molecule has 0 bridgehead atoms. The van der Waals surface area contributed by atoms with Crippen molar-refractivity contribution in [3.8, 4) is 0 Å². The molecule has 5 nitrogen and oxygen atoms in total. The summed E-state index contributed by atoms with van der Waals surface area (Å²) in [6.07, 6.45) is 2.38. The smallest absolute Gasteiger partial charge is 0.315 e. The van der Waals surface area contributed by atoms with E-state index in [9.17, 15) is 9.90 Å². The largest absolute Gasteiger partial charge is 0.383 e. The summed E-state index contributed by atoms with van der Waals surface area (Å²) < 4.78 is 5.42. The number of carbonyl (C=O) groups excluding carboxylic acids is 1. The maximum atomic E-state index is 12.0. The lowest BCUT2D eigenvalue weighted by atomic mass is 9.96. The molecule has 0 spiro atoms. The van der Waals surface area contributed by atoms with Crippen LogP contribution in [0.4, 0.5) is 4.79 Å². The number of ether oxygens (including phenoxy) is 1. The summed E-state index contributed by atoms with van der Waals surface area (Å²) in [4.78, 5) is 12.0. The van der Waals surface area contributed by atoms with E-state index in [1.54, 1.807) is 0 Å². The summed E-state index contributed by atoms with van der Waals surface area (Å²) in [5.41, 5.74) is 1.15. The predicted molar refractivity (Wildman–Crippen MR) is 79.0 cm³/mol. The van der Waals surface area contributed by atoms with E-state index in [1.807, 2.05) is 31.2 Å². The van der Waals surface area contributed by atoms with Crippen LogP contribution in [-0.2, 0) is 16.8 Å². The molecular formula is C16H22N2O3. The Morgan fingerprint density at radius 3 is 3.05 bits per heavy atom. The zero-order chi connectivity index (χ0) is 14.9. The zero-order valence-electron chi connectivity index (χ0n) is 12.3. The Hall–Kier alpha value is -1.59. The van der Waals surface area contributed by atoms with E-state index in [-0.39, 0.29) is 24.7 Å². The normalized spacial score (nSPS) is 31.0. The van der Waals surface area contributed by atoms with Gasteiger partial charge in [-0.1, -0.05) is 24.3 Å². The molecule has 1 fully saturated rings. The van der Waals surface area contributed by atoms with Crippen LogP contribution in [0.1, 0.15) is 30.9 Å². The first-order chi connectivity index (χ1) is 10.1. The van der Waals surface area contributed by atoms with E-state index in [1.165, 1.54) is 5.56 Å². The first-order valence-corrected chi connectivity index (χ1v) is 7.55. The van der Waals surface area contributed by atoms with Crippen LogP contribution >= 0.6 is 0 Å². The van der Waals surface area contributed by atoms with Gasteiger partial charge in [0.05, 0.1) is 18.7 Å². The molecule has 1 saturated heterocycles. The molecule has 2 aliphatic rings. The highest BCUT2D eigenvalue weighted by Gasteiger charge is 2.36. The van der Waals surface area contributed by atoms with Crippen molar-refractivity contribution in [2.24, 2.45) is 0 Å². The molecule has 114 valence electrons. The number of rotatable bonds is 3. The lowest BCUT2D eigenvalue weighted by Crippen LogP contribution is -2.48. The van der Waals surface area contributed by atoms with Crippen molar-refractivity contribution in [1.82, 2.24) is 10.6 Å². The van der Waals surface area contributed by atoms with Gasteiger partial charge in [0.15, 0.2) is 0 Å². The molecule has 1 aromatic carbocycles. The van der Waals surface area contributed by atoms with Gasteiger partial charge in [-0.25, -0.2) is 4.79 Å². The van der Waals surface area contributed by atoms with Crippen LogP contribution in [0.5, 0.6) is 0 Å². The topological polar surface area (TPSA) is 70.6 Å². The fourth-order valence-electron chi connectivity index (χ4n) is 3.22. The number of carbonyl (C=O) groups is 1. The molecule has 3 N–H and O–H groups in total. The minimum atomic E-state index is -0.953. The van der Waals surface area contributed by atoms with E-state index < -0.39 is 5.60 Å². The average molecular weight is 290 g/mol.